The van der Waals surface area contributed by atoms with Crippen LogP contribution in [-0.2, 0) is 0 Å². The summed E-state index contributed by atoms with van der Waals surface area (Å²) in [5, 5.41) is 0. The Labute approximate surface area is 63.1 Å². The van der Waals surface area contributed by atoms with Crippen LogP contribution in [-0.4, -0.2) is 24.4 Å². The lowest BCUT2D eigenvalue weighted by molar-refractivity contribution is -0.468. The highest BCUT2D eigenvalue weighted by atomic mass is 15.0. The summed E-state index contributed by atoms with van der Waals surface area (Å²) in [6, 6.07) is 0. The van der Waals surface area contributed by atoms with Gasteiger partial charge in [-0.2, -0.15) is 0 Å². The van der Waals surface area contributed by atoms with Crippen LogP contribution in [0.25, 0.3) is 0 Å². The van der Waals surface area contributed by atoms with Gasteiger partial charge in [0.2, 0.25) is 0 Å². The van der Waals surface area contributed by atoms with E-state index in [0.29, 0.717) is 5.41 Å². The normalized spacial score (nSPS) is 21.7. The van der Waals surface area contributed by atoms with E-state index in [2.05, 4.69) is 45.5 Å². The summed E-state index contributed by atoms with van der Waals surface area (Å²) in [5.74, 6) is 0. The molecule has 10 heavy (non-hydrogen) atoms. The molecule has 0 aromatic carbocycles. The Hall–Kier alpha value is -0.590. The highest BCUT2D eigenvalue weighted by Gasteiger charge is 2.38. The zero-order valence-electron chi connectivity index (χ0n) is 7.52. The van der Waals surface area contributed by atoms with Crippen molar-refractivity contribution in [3.8, 4) is 0 Å². The van der Waals surface area contributed by atoms with E-state index in [4.69, 9.17) is 0 Å². The summed E-state index contributed by atoms with van der Waals surface area (Å²) in [5.41, 5.74) is 3.20. The second kappa shape index (κ2) is 1.94. The SMILES string of the molecule is CC1=CC(C)(C)C1=[N+](C)C. The molecule has 1 aliphatic rings. The fourth-order valence-corrected chi connectivity index (χ4v) is 2.04. The van der Waals surface area contributed by atoms with Gasteiger partial charge in [-0.3, -0.25) is 0 Å². The molecule has 1 rings (SSSR count). The monoisotopic (exact) mass is 138 g/mol. The molecule has 1 aliphatic carbocycles. The Balaban J connectivity index is 3.06. The van der Waals surface area contributed by atoms with E-state index < -0.39 is 0 Å². The fourth-order valence-electron chi connectivity index (χ4n) is 2.04. The summed E-state index contributed by atoms with van der Waals surface area (Å²) < 4.78 is 2.20. The predicted octanol–water partition coefficient (Wildman–Crippen LogP) is 1.69. The van der Waals surface area contributed by atoms with Gasteiger partial charge >= 0.3 is 0 Å². The van der Waals surface area contributed by atoms with Crippen LogP contribution in [0.3, 0.4) is 0 Å². The molecule has 0 atom stereocenters. The van der Waals surface area contributed by atoms with E-state index in [-0.39, 0.29) is 0 Å². The number of hydrogen-bond acceptors (Lipinski definition) is 0. The second-order valence-corrected chi connectivity index (χ2v) is 3.79. The maximum absolute atomic E-state index is 2.31. The lowest BCUT2D eigenvalue weighted by atomic mass is 9.72. The molecule has 0 bridgehead atoms. The van der Waals surface area contributed by atoms with Gasteiger partial charge in [0, 0.05) is 5.57 Å². The van der Waals surface area contributed by atoms with Crippen molar-refractivity contribution in [3.63, 3.8) is 0 Å². The molecule has 1 heteroatoms. The third kappa shape index (κ3) is 0.898. The van der Waals surface area contributed by atoms with Crippen molar-refractivity contribution in [2.45, 2.75) is 20.8 Å². The van der Waals surface area contributed by atoms with Crippen LogP contribution >= 0.6 is 0 Å². The molecular formula is C9H16N+. The maximum Gasteiger partial charge on any atom is 0.187 e. The van der Waals surface area contributed by atoms with Crippen LogP contribution in [0.5, 0.6) is 0 Å². The first-order valence-electron chi connectivity index (χ1n) is 3.70. The smallest absolute Gasteiger partial charge is 0.187 e. The molecule has 0 radical (unpaired) electrons. The molecule has 0 amide bonds. The largest absolute Gasteiger partial charge is 0.238 e. The van der Waals surface area contributed by atoms with Gasteiger partial charge in [-0.1, -0.05) is 6.08 Å². The van der Waals surface area contributed by atoms with Crippen LogP contribution in [0, 0.1) is 5.41 Å². The topological polar surface area (TPSA) is 3.01 Å². The Bertz CT molecular complexity index is 215. The second-order valence-electron chi connectivity index (χ2n) is 3.79. The fraction of sp³-hybridized carbons (Fsp3) is 0.667. The van der Waals surface area contributed by atoms with Crippen molar-refractivity contribution in [1.82, 2.24) is 0 Å². The summed E-state index contributed by atoms with van der Waals surface area (Å²) in [4.78, 5) is 0. The Kier molecular flexibility index (Phi) is 1.46. The van der Waals surface area contributed by atoms with E-state index in [9.17, 15) is 0 Å². The summed E-state index contributed by atoms with van der Waals surface area (Å²) in [6.07, 6.45) is 2.31. The summed E-state index contributed by atoms with van der Waals surface area (Å²) >= 11 is 0. The Morgan fingerprint density at radius 1 is 1.30 bits per heavy atom. The molecule has 0 saturated heterocycles. The lowest BCUT2D eigenvalue weighted by Gasteiger charge is -2.29. The van der Waals surface area contributed by atoms with Gasteiger partial charge in [-0.15, -0.1) is 0 Å². The van der Waals surface area contributed by atoms with Crippen LogP contribution < -0.4 is 0 Å². The van der Waals surface area contributed by atoms with Gasteiger partial charge in [-0.25, -0.2) is 4.58 Å². The molecule has 0 fully saturated rings. The average Bonchev–Trinajstić information content (AvgIpc) is 1.58. The number of allylic oxidation sites excluding steroid dienone is 2. The van der Waals surface area contributed by atoms with E-state index in [1.807, 2.05) is 0 Å². The minimum absolute atomic E-state index is 0.313. The molecule has 0 N–H and O–H groups in total. The van der Waals surface area contributed by atoms with Gasteiger partial charge in [0.15, 0.2) is 5.71 Å². The van der Waals surface area contributed by atoms with Crippen molar-refractivity contribution < 1.29 is 4.58 Å². The molecule has 0 heterocycles. The van der Waals surface area contributed by atoms with Crippen LogP contribution in [0.4, 0.5) is 0 Å². The van der Waals surface area contributed by atoms with E-state index in [0.717, 1.165) is 0 Å². The van der Waals surface area contributed by atoms with Crippen molar-refractivity contribution in [2.24, 2.45) is 5.41 Å². The van der Waals surface area contributed by atoms with E-state index in [1.165, 1.54) is 11.3 Å². The summed E-state index contributed by atoms with van der Waals surface area (Å²) in [7, 11) is 4.21. The lowest BCUT2D eigenvalue weighted by Crippen LogP contribution is -2.38. The van der Waals surface area contributed by atoms with Crippen molar-refractivity contribution >= 4 is 5.71 Å². The van der Waals surface area contributed by atoms with Gasteiger partial charge in [0.1, 0.15) is 14.1 Å². The van der Waals surface area contributed by atoms with Crippen molar-refractivity contribution in [3.05, 3.63) is 11.6 Å². The molecule has 0 aromatic rings. The zero-order valence-corrected chi connectivity index (χ0v) is 7.52. The summed E-state index contributed by atoms with van der Waals surface area (Å²) in [6.45, 7) is 6.66. The molecule has 56 valence electrons. The number of rotatable bonds is 0. The zero-order chi connectivity index (χ0) is 7.94. The van der Waals surface area contributed by atoms with Gasteiger partial charge in [0.25, 0.3) is 0 Å². The maximum atomic E-state index is 2.31. The Morgan fingerprint density at radius 3 is 1.90 bits per heavy atom. The first-order valence-corrected chi connectivity index (χ1v) is 3.70. The van der Waals surface area contributed by atoms with Gasteiger partial charge in [-0.05, 0) is 20.8 Å². The standard InChI is InChI=1S/C9H16N/c1-7-6-9(2,3)8(7)10(4)5/h6H,1-5H3/q+1. The third-order valence-corrected chi connectivity index (χ3v) is 2.01. The minimum Gasteiger partial charge on any atom is -0.238 e. The molecular weight excluding hydrogens is 122 g/mol. The third-order valence-electron chi connectivity index (χ3n) is 2.01. The van der Waals surface area contributed by atoms with Gasteiger partial charge in [0.05, 0.1) is 5.41 Å². The van der Waals surface area contributed by atoms with Crippen LogP contribution in [0.2, 0.25) is 0 Å². The molecule has 0 unspecified atom stereocenters. The van der Waals surface area contributed by atoms with Crippen molar-refractivity contribution in [2.75, 3.05) is 14.1 Å². The average molecular weight is 138 g/mol. The molecule has 0 aliphatic heterocycles. The van der Waals surface area contributed by atoms with Crippen LogP contribution in [0.1, 0.15) is 20.8 Å². The minimum atomic E-state index is 0.313. The first-order chi connectivity index (χ1) is 4.45. The highest BCUT2D eigenvalue weighted by Crippen LogP contribution is 2.34. The van der Waals surface area contributed by atoms with E-state index in [1.54, 1.807) is 0 Å². The Morgan fingerprint density at radius 2 is 1.80 bits per heavy atom. The van der Waals surface area contributed by atoms with Crippen LogP contribution in [0.15, 0.2) is 11.6 Å². The number of nitrogens with zero attached hydrogens (tertiary/aromatic N) is 1. The first kappa shape index (κ1) is 7.52. The molecule has 1 nitrogen and oxygen atoms in total. The molecule has 0 spiro atoms. The quantitative estimate of drug-likeness (QED) is 0.448. The highest BCUT2D eigenvalue weighted by molar-refractivity contribution is 6.07. The van der Waals surface area contributed by atoms with E-state index >= 15 is 0 Å². The molecule has 0 aromatic heterocycles. The molecule has 0 saturated carbocycles. The number of hydrogen-bond donors (Lipinski definition) is 0. The van der Waals surface area contributed by atoms with Crippen molar-refractivity contribution in [1.29, 1.82) is 0 Å². The predicted molar refractivity (Wildman–Crippen MR) is 44.7 cm³/mol. The van der Waals surface area contributed by atoms with Gasteiger partial charge < -0.3 is 0 Å².